The van der Waals surface area contributed by atoms with E-state index < -0.39 is 49.9 Å². The highest BCUT2D eigenvalue weighted by atomic mass is 31.2. The quantitative estimate of drug-likeness (QED) is 0.599. The van der Waals surface area contributed by atoms with Gasteiger partial charge in [-0.15, -0.1) is 0 Å². The predicted octanol–water partition coefficient (Wildman–Crippen LogP) is 0.498. The average Bonchev–Trinajstić information content (AvgIpc) is 2.89. The Kier molecular flexibility index (Phi) is 6.92. The Balaban J connectivity index is 0.00000364. The van der Waals surface area contributed by atoms with E-state index in [2.05, 4.69) is 9.51 Å². The van der Waals surface area contributed by atoms with E-state index in [0.717, 1.165) is 17.7 Å². The summed E-state index contributed by atoms with van der Waals surface area (Å²) in [5.41, 5.74) is -1.25. The molecule has 0 saturated carbocycles. The lowest BCUT2D eigenvalue weighted by Crippen LogP contribution is -2.41. The van der Waals surface area contributed by atoms with Crippen molar-refractivity contribution in [1.29, 1.82) is 0 Å². The zero-order chi connectivity index (χ0) is 19.5. The van der Waals surface area contributed by atoms with Gasteiger partial charge in [-0.2, -0.15) is 0 Å². The summed E-state index contributed by atoms with van der Waals surface area (Å²) in [6.07, 6.45) is -3.23. The largest absolute Gasteiger partial charge is 0.374 e. The Morgan fingerprint density at radius 1 is 1.38 bits per heavy atom. The van der Waals surface area contributed by atoms with Crippen molar-refractivity contribution in [2.45, 2.75) is 44.7 Å². The van der Waals surface area contributed by atoms with Gasteiger partial charge in [0, 0.05) is 29.3 Å². The van der Waals surface area contributed by atoms with Gasteiger partial charge in [-0.3, -0.25) is 18.9 Å². The number of aromatic amines is 1. The molecule has 0 aliphatic carbocycles. The van der Waals surface area contributed by atoms with Gasteiger partial charge in [0.25, 0.3) is 5.56 Å². The molecule has 0 spiro atoms. The van der Waals surface area contributed by atoms with Crippen LogP contribution in [-0.4, -0.2) is 59.6 Å². The van der Waals surface area contributed by atoms with Crippen LogP contribution in [-0.2, 0) is 28.0 Å². The number of nitrogens with zero attached hydrogens (tertiary/aromatic N) is 1. The Morgan fingerprint density at radius 3 is 2.62 bits per heavy atom. The molecule has 26 heavy (non-hydrogen) atoms. The Labute approximate surface area is 152 Å². The fourth-order valence-corrected chi connectivity index (χ4v) is 2.96. The van der Waals surface area contributed by atoms with Crippen LogP contribution in [0, 0.1) is 0 Å². The van der Waals surface area contributed by atoms with Gasteiger partial charge in [0.1, 0.15) is 12.2 Å². The van der Waals surface area contributed by atoms with E-state index in [1.54, 1.807) is 13.8 Å². The molecule has 11 nitrogen and oxygen atoms in total. The maximum absolute atomic E-state index is 12.1. The van der Waals surface area contributed by atoms with Gasteiger partial charge in [-0.05, 0) is 13.8 Å². The third kappa shape index (κ3) is 4.89. The van der Waals surface area contributed by atoms with E-state index in [1.165, 1.54) is 13.3 Å². The summed E-state index contributed by atoms with van der Waals surface area (Å²) in [5.74, 6) is 0. The minimum Gasteiger partial charge on any atom is -0.374 e. The Hall–Kier alpha value is -1.33. The second-order valence-corrected chi connectivity index (χ2v) is 7.78. The molecule has 1 aromatic heterocycles. The third-order valence-electron chi connectivity index (χ3n) is 3.66. The van der Waals surface area contributed by atoms with Crippen LogP contribution < -0.4 is 11.2 Å². The molecule has 2 rings (SSSR count). The molecule has 0 radical (unpaired) electrons. The zero-order valence-electron chi connectivity index (χ0n) is 14.9. The lowest BCUT2D eigenvalue weighted by atomic mass is 10.2. The second kappa shape index (κ2) is 8.57. The molecule has 0 aromatic carbocycles. The maximum Gasteiger partial charge on any atom is 0.353 e. The highest BCUT2D eigenvalue weighted by molar-refractivity contribution is 7.52. The first kappa shape index (κ1) is 21.0. The highest BCUT2D eigenvalue weighted by Crippen LogP contribution is 2.42. The molecular formula is C14H27N2O9P. The SMILES string of the molecule is CO[C@@H]1[C@H](OC(C)C)[C@@H](OCP(=O)(O)OC)O[C@H]1n1ccc(=O)[nH]c1=O.[HH].[HH]. The van der Waals surface area contributed by atoms with Gasteiger partial charge in [0.15, 0.2) is 18.9 Å². The van der Waals surface area contributed by atoms with Crippen molar-refractivity contribution in [2.24, 2.45) is 0 Å². The number of H-pyrrole nitrogens is 1. The van der Waals surface area contributed by atoms with Crippen LogP contribution in [0.25, 0.3) is 0 Å². The molecule has 12 heteroatoms. The number of hydrogen-bond donors (Lipinski definition) is 2. The fourth-order valence-electron chi connectivity index (χ4n) is 2.52. The lowest BCUT2D eigenvalue weighted by molar-refractivity contribution is -0.185. The first-order valence-corrected chi connectivity index (χ1v) is 9.59. The van der Waals surface area contributed by atoms with Crippen LogP contribution in [0.5, 0.6) is 0 Å². The smallest absolute Gasteiger partial charge is 0.353 e. The Bertz CT molecular complexity index is 772. The molecule has 2 N–H and O–H groups in total. The van der Waals surface area contributed by atoms with E-state index in [9.17, 15) is 19.0 Å². The summed E-state index contributed by atoms with van der Waals surface area (Å²) in [7, 11) is -1.45. The van der Waals surface area contributed by atoms with Crippen LogP contribution in [0.1, 0.15) is 22.9 Å². The zero-order valence-corrected chi connectivity index (χ0v) is 15.8. The van der Waals surface area contributed by atoms with Crippen molar-refractivity contribution in [3.8, 4) is 0 Å². The molecule has 1 unspecified atom stereocenters. The number of nitrogens with one attached hydrogen (secondary N) is 1. The molecular weight excluding hydrogens is 371 g/mol. The third-order valence-corrected chi connectivity index (χ3v) is 4.71. The summed E-state index contributed by atoms with van der Waals surface area (Å²) < 4.78 is 39.5. The van der Waals surface area contributed by atoms with Gasteiger partial charge in [-0.25, -0.2) is 4.79 Å². The van der Waals surface area contributed by atoms with Gasteiger partial charge >= 0.3 is 13.3 Å². The average molecular weight is 398 g/mol. The summed E-state index contributed by atoms with van der Waals surface area (Å²) in [4.78, 5) is 35.0. The van der Waals surface area contributed by atoms with Gasteiger partial charge in [0.2, 0.25) is 0 Å². The van der Waals surface area contributed by atoms with Crippen molar-refractivity contribution in [2.75, 3.05) is 20.6 Å². The van der Waals surface area contributed by atoms with Crippen LogP contribution in [0.2, 0.25) is 0 Å². The molecule has 1 aromatic rings. The standard InChI is InChI=1S/C14H23N2O9P.2H2/c1-8(2)24-11-10(21-3)12(16-6-5-9(17)15-14(16)18)25-13(11)23-7-26(19,20)22-4;;/h5-6,8,10-13H,7H2,1-4H3,(H,19,20)(H,15,17,18);2*1H/t10-,11+,12-,13+;;/m1../s1. The van der Waals surface area contributed by atoms with Crippen LogP contribution in [0.3, 0.4) is 0 Å². The highest BCUT2D eigenvalue weighted by Gasteiger charge is 2.49. The summed E-state index contributed by atoms with van der Waals surface area (Å²) >= 11 is 0. The number of ether oxygens (including phenoxy) is 4. The van der Waals surface area contributed by atoms with Crippen molar-refractivity contribution in [1.82, 2.24) is 9.55 Å². The lowest BCUT2D eigenvalue weighted by Gasteiger charge is -2.25. The maximum atomic E-state index is 12.1. The normalized spacial score (nSPS) is 28.4. The predicted molar refractivity (Wildman–Crippen MR) is 93.1 cm³/mol. The van der Waals surface area contributed by atoms with Crippen molar-refractivity contribution in [3.05, 3.63) is 33.1 Å². The second-order valence-electron chi connectivity index (χ2n) is 5.88. The minimum atomic E-state index is -3.94. The van der Waals surface area contributed by atoms with Crippen molar-refractivity contribution >= 4 is 7.60 Å². The van der Waals surface area contributed by atoms with E-state index in [1.807, 2.05) is 0 Å². The van der Waals surface area contributed by atoms with Crippen LogP contribution >= 0.6 is 7.60 Å². The molecule has 1 fully saturated rings. The van der Waals surface area contributed by atoms with Crippen LogP contribution in [0.4, 0.5) is 0 Å². The Morgan fingerprint density at radius 2 is 2.08 bits per heavy atom. The monoisotopic (exact) mass is 398 g/mol. The summed E-state index contributed by atoms with van der Waals surface area (Å²) in [6.45, 7) is 3.57. The molecule has 152 valence electrons. The van der Waals surface area contributed by atoms with Gasteiger partial charge in [-0.1, -0.05) is 0 Å². The van der Waals surface area contributed by atoms with Crippen molar-refractivity contribution in [3.63, 3.8) is 0 Å². The molecule has 1 aliphatic rings. The van der Waals surface area contributed by atoms with Crippen LogP contribution in [0.15, 0.2) is 21.9 Å². The molecule has 1 saturated heterocycles. The first-order valence-electron chi connectivity index (χ1n) is 7.83. The van der Waals surface area contributed by atoms with E-state index in [4.69, 9.17) is 18.9 Å². The van der Waals surface area contributed by atoms with Gasteiger partial charge in [0.05, 0.1) is 6.10 Å². The van der Waals surface area contributed by atoms with Gasteiger partial charge < -0.3 is 28.4 Å². The number of rotatable bonds is 8. The summed E-state index contributed by atoms with van der Waals surface area (Å²) in [6, 6.07) is 1.16. The fraction of sp³-hybridized carbons (Fsp3) is 0.714. The minimum absolute atomic E-state index is 0. The summed E-state index contributed by atoms with van der Waals surface area (Å²) in [5, 5.41) is 0. The number of hydrogen-bond acceptors (Lipinski definition) is 8. The molecule has 0 amide bonds. The number of methoxy groups -OCH3 is 1. The van der Waals surface area contributed by atoms with Crippen molar-refractivity contribution < 1.29 is 35.8 Å². The van der Waals surface area contributed by atoms with E-state index in [-0.39, 0.29) is 8.96 Å². The van der Waals surface area contributed by atoms with E-state index >= 15 is 0 Å². The first-order chi connectivity index (χ1) is 12.2. The molecule has 0 bridgehead atoms. The molecule has 2 heterocycles. The molecule has 1 aliphatic heterocycles. The topological polar surface area (TPSA) is 138 Å². The molecule has 5 atom stereocenters. The number of aromatic nitrogens is 2. The van der Waals surface area contributed by atoms with E-state index in [0.29, 0.717) is 0 Å².